The molecule has 1 unspecified atom stereocenters. The van der Waals surface area contributed by atoms with E-state index in [2.05, 4.69) is 0 Å². The molecule has 0 fully saturated rings. The van der Waals surface area contributed by atoms with E-state index in [0.29, 0.717) is 11.6 Å². The Hall–Kier alpha value is -2.62. The van der Waals surface area contributed by atoms with Crippen LogP contribution in [-0.4, -0.2) is 20.6 Å². The van der Waals surface area contributed by atoms with Gasteiger partial charge in [0.25, 0.3) is 0 Å². The Kier molecular flexibility index (Phi) is 2.57. The Balaban J connectivity index is 1.93. The van der Waals surface area contributed by atoms with E-state index in [1.54, 1.807) is 10.6 Å². The molecule has 0 bridgehead atoms. The van der Waals surface area contributed by atoms with Gasteiger partial charge in [0.15, 0.2) is 0 Å². The van der Waals surface area contributed by atoms with Crippen LogP contribution in [0.1, 0.15) is 45.8 Å². The first kappa shape index (κ1) is 13.8. The monoisotopic (exact) mass is 318 g/mol. The molecular weight excluding hydrogens is 300 g/mol. The minimum Gasteiger partial charge on any atom is -0.508 e. The Morgan fingerprint density at radius 2 is 2.08 bits per heavy atom. The van der Waals surface area contributed by atoms with Gasteiger partial charge in [0.2, 0.25) is 5.91 Å². The molecule has 1 aliphatic carbocycles. The maximum absolute atomic E-state index is 13.2. The van der Waals surface area contributed by atoms with Gasteiger partial charge in [-0.25, -0.2) is 4.98 Å². The van der Waals surface area contributed by atoms with Gasteiger partial charge in [0.05, 0.1) is 17.0 Å². The van der Waals surface area contributed by atoms with Crippen molar-refractivity contribution in [2.75, 3.05) is 0 Å². The fourth-order valence-electron chi connectivity index (χ4n) is 4.37. The van der Waals surface area contributed by atoms with Gasteiger partial charge in [-0.15, -0.1) is 0 Å². The number of aromatic hydroxyl groups is 1. The zero-order valence-corrected chi connectivity index (χ0v) is 13.8. The van der Waals surface area contributed by atoms with Crippen molar-refractivity contribution in [2.24, 2.45) is 0 Å². The molecule has 4 heteroatoms. The number of carbonyl (C=O) groups is 1. The molecule has 24 heavy (non-hydrogen) atoms. The molecule has 1 N–H and O–H groups in total. The molecule has 1 atom stereocenters. The molecule has 3 aromatic rings. The van der Waals surface area contributed by atoms with Crippen molar-refractivity contribution < 1.29 is 9.90 Å². The molecule has 0 saturated carbocycles. The van der Waals surface area contributed by atoms with Gasteiger partial charge in [-0.1, -0.05) is 6.07 Å². The highest BCUT2D eigenvalue weighted by Crippen LogP contribution is 2.47. The number of benzene rings is 2. The van der Waals surface area contributed by atoms with Gasteiger partial charge < -0.3 is 5.11 Å². The maximum atomic E-state index is 13.2. The smallest absolute Gasteiger partial charge is 0.240 e. The molecule has 120 valence electrons. The Morgan fingerprint density at radius 1 is 1.25 bits per heavy atom. The summed E-state index contributed by atoms with van der Waals surface area (Å²) in [6.45, 7) is 3.97. The summed E-state index contributed by atoms with van der Waals surface area (Å²) in [5.41, 5.74) is 6.89. The molecule has 2 aromatic carbocycles. The quantitative estimate of drug-likeness (QED) is 0.679. The third kappa shape index (κ3) is 1.58. The van der Waals surface area contributed by atoms with Crippen molar-refractivity contribution in [3.05, 3.63) is 46.5 Å². The minimum atomic E-state index is -0.116. The predicted octanol–water partition coefficient (Wildman–Crippen LogP) is 4.10. The number of phenols is 1. The highest BCUT2D eigenvalue weighted by atomic mass is 16.3. The summed E-state index contributed by atoms with van der Waals surface area (Å²) in [7, 11) is 0. The molecule has 2 heterocycles. The summed E-state index contributed by atoms with van der Waals surface area (Å²) in [6.07, 6.45) is 2.77. The standard InChI is InChI=1S/C20H18N2O2/c1-10-6-7-16-15(8-10)21-19-14-9-17(23)11(2)12-4-3-5-13(18(12)14)20(24)22(16)19/h6-9,13,23H,3-5H2,1-2H3. The lowest BCUT2D eigenvalue weighted by Crippen LogP contribution is -2.29. The van der Waals surface area contributed by atoms with Crippen molar-refractivity contribution in [2.45, 2.75) is 39.0 Å². The predicted molar refractivity (Wildman–Crippen MR) is 92.6 cm³/mol. The zero-order valence-electron chi connectivity index (χ0n) is 13.8. The molecule has 5 rings (SSSR count). The normalized spacial score (nSPS) is 18.6. The van der Waals surface area contributed by atoms with Gasteiger partial charge in [-0.2, -0.15) is 0 Å². The summed E-state index contributed by atoms with van der Waals surface area (Å²) in [6, 6.07) is 7.79. The number of hydrogen-bond acceptors (Lipinski definition) is 3. The van der Waals surface area contributed by atoms with E-state index in [-0.39, 0.29) is 11.8 Å². The molecule has 1 aromatic heterocycles. The van der Waals surface area contributed by atoms with Crippen LogP contribution in [0.4, 0.5) is 0 Å². The summed E-state index contributed by atoms with van der Waals surface area (Å²) in [5.74, 6) is 0.975. The van der Waals surface area contributed by atoms with Gasteiger partial charge in [-0.05, 0) is 73.6 Å². The lowest BCUT2D eigenvalue weighted by Gasteiger charge is -2.32. The molecule has 0 radical (unpaired) electrons. The highest BCUT2D eigenvalue weighted by Gasteiger charge is 2.38. The maximum Gasteiger partial charge on any atom is 0.240 e. The van der Waals surface area contributed by atoms with Crippen LogP contribution in [0.3, 0.4) is 0 Å². The third-order valence-corrected chi connectivity index (χ3v) is 5.57. The van der Waals surface area contributed by atoms with Crippen LogP contribution in [0.5, 0.6) is 5.75 Å². The molecule has 0 saturated heterocycles. The van der Waals surface area contributed by atoms with Crippen molar-refractivity contribution in [3.63, 3.8) is 0 Å². The number of aromatic nitrogens is 2. The second kappa shape index (κ2) is 4.47. The van der Waals surface area contributed by atoms with Gasteiger partial charge >= 0.3 is 0 Å². The summed E-state index contributed by atoms with van der Waals surface area (Å²) in [4.78, 5) is 18.0. The number of hydrogen-bond donors (Lipinski definition) is 1. The van der Waals surface area contributed by atoms with E-state index >= 15 is 0 Å². The number of aryl methyl sites for hydroxylation is 1. The molecular formula is C20H18N2O2. The number of phenolic OH excluding ortho intramolecular Hbond substituents is 1. The van der Waals surface area contributed by atoms with Gasteiger partial charge in [0.1, 0.15) is 11.6 Å². The van der Waals surface area contributed by atoms with Crippen molar-refractivity contribution in [3.8, 4) is 17.1 Å². The molecule has 1 aliphatic heterocycles. The first-order chi connectivity index (χ1) is 11.6. The van der Waals surface area contributed by atoms with Crippen LogP contribution in [0.25, 0.3) is 22.4 Å². The first-order valence-corrected chi connectivity index (χ1v) is 8.45. The Bertz CT molecular complexity index is 1050. The van der Waals surface area contributed by atoms with E-state index in [0.717, 1.165) is 58.1 Å². The SMILES string of the molecule is Cc1ccc2c(c1)nc1n2C(=O)C2CCCc3c(C)c(O)cc-1c32. The fraction of sp³-hybridized carbons (Fsp3) is 0.300. The second-order valence-corrected chi connectivity index (χ2v) is 7.01. The number of carbonyl (C=O) groups excluding carboxylic acids is 1. The van der Waals surface area contributed by atoms with Crippen LogP contribution < -0.4 is 0 Å². The Morgan fingerprint density at radius 3 is 2.92 bits per heavy atom. The lowest BCUT2D eigenvalue weighted by atomic mass is 9.76. The van der Waals surface area contributed by atoms with E-state index in [1.807, 2.05) is 32.0 Å². The number of nitrogens with zero attached hydrogens (tertiary/aromatic N) is 2. The van der Waals surface area contributed by atoms with Crippen LogP contribution in [-0.2, 0) is 6.42 Å². The largest absolute Gasteiger partial charge is 0.508 e. The third-order valence-electron chi connectivity index (χ3n) is 5.57. The lowest BCUT2D eigenvalue weighted by molar-refractivity contribution is 0.0870. The topological polar surface area (TPSA) is 55.1 Å². The summed E-state index contributed by atoms with van der Waals surface area (Å²) >= 11 is 0. The molecule has 0 amide bonds. The number of rotatable bonds is 0. The first-order valence-electron chi connectivity index (χ1n) is 8.45. The second-order valence-electron chi connectivity index (χ2n) is 7.01. The van der Waals surface area contributed by atoms with Crippen LogP contribution >= 0.6 is 0 Å². The zero-order chi connectivity index (χ0) is 16.6. The van der Waals surface area contributed by atoms with Crippen LogP contribution in [0.2, 0.25) is 0 Å². The van der Waals surface area contributed by atoms with Gasteiger partial charge in [-0.3, -0.25) is 9.36 Å². The molecule has 2 aliphatic rings. The minimum absolute atomic E-state index is 0.116. The van der Waals surface area contributed by atoms with Crippen molar-refractivity contribution >= 4 is 16.9 Å². The van der Waals surface area contributed by atoms with E-state index < -0.39 is 0 Å². The number of fused-ring (bicyclic) bond motifs is 4. The van der Waals surface area contributed by atoms with E-state index in [4.69, 9.17) is 4.98 Å². The average molecular weight is 318 g/mol. The van der Waals surface area contributed by atoms with Crippen LogP contribution in [0.15, 0.2) is 24.3 Å². The highest BCUT2D eigenvalue weighted by molar-refractivity contribution is 6.03. The van der Waals surface area contributed by atoms with Crippen molar-refractivity contribution in [1.82, 2.24) is 9.55 Å². The van der Waals surface area contributed by atoms with Crippen LogP contribution in [0, 0.1) is 13.8 Å². The average Bonchev–Trinajstić information content (AvgIpc) is 2.95. The summed E-state index contributed by atoms with van der Waals surface area (Å²) in [5, 5.41) is 10.4. The molecule has 4 nitrogen and oxygen atoms in total. The number of imidazole rings is 1. The van der Waals surface area contributed by atoms with Gasteiger partial charge in [0, 0.05) is 5.56 Å². The van der Waals surface area contributed by atoms with Crippen molar-refractivity contribution in [1.29, 1.82) is 0 Å². The summed E-state index contributed by atoms with van der Waals surface area (Å²) < 4.78 is 1.76. The van der Waals surface area contributed by atoms with E-state index in [1.165, 1.54) is 0 Å². The molecule has 0 spiro atoms. The van der Waals surface area contributed by atoms with E-state index in [9.17, 15) is 9.90 Å². The Labute approximate surface area is 139 Å². The fourth-order valence-corrected chi connectivity index (χ4v) is 4.37.